The maximum absolute atomic E-state index is 11.6. The Bertz CT molecular complexity index is 697. The minimum atomic E-state index is -0.932. The van der Waals surface area contributed by atoms with Gasteiger partial charge in [0.1, 0.15) is 17.8 Å². The van der Waals surface area contributed by atoms with Gasteiger partial charge in [0.05, 0.1) is 26.2 Å². The molecule has 0 spiro atoms. The van der Waals surface area contributed by atoms with E-state index in [1.165, 1.54) is 109 Å². The third-order valence-corrected chi connectivity index (χ3v) is 8.89. The molecule has 0 aromatic heterocycles. The molecule has 0 aliphatic heterocycles. The van der Waals surface area contributed by atoms with Crippen molar-refractivity contribution in [1.29, 1.82) is 0 Å². The van der Waals surface area contributed by atoms with Crippen molar-refractivity contribution in [2.75, 3.05) is 26.2 Å². The number of carboxylic acid groups (broad SMARTS) is 3. The van der Waals surface area contributed by atoms with E-state index in [1.807, 2.05) is 0 Å². The molecule has 252 valence electrons. The normalized spacial score (nSPS) is 15.3. The number of hydrogen-bond donors (Lipinski definition) is 3. The Labute approximate surface area is 264 Å². The molecule has 3 unspecified atom stereocenters. The first-order valence-electron chi connectivity index (χ1n) is 17.7. The number of quaternary nitrogens is 1. The summed E-state index contributed by atoms with van der Waals surface area (Å²) in [5.41, 5.74) is 0. The van der Waals surface area contributed by atoms with Crippen molar-refractivity contribution in [3.63, 3.8) is 0 Å². The standard InChI is InChI=1S/C36H67NO6/c1-5-6-7-8-9-10-11-12-13-14-15-16-17-18-19-20-21-22-23-24-25-26-27-37(28-31(2)34(38)39,29-32(3)35(40)41)30-33(4)36(42)43/h15-16,31-33H,5-14,17-30H2,1-4H3,(H2-,38,39,40,41,42,43)/p+1/b16-15+. The van der Waals surface area contributed by atoms with Gasteiger partial charge in [-0.05, 0) is 59.3 Å². The largest absolute Gasteiger partial charge is 0.481 e. The second-order valence-corrected chi connectivity index (χ2v) is 13.4. The lowest BCUT2D eigenvalue weighted by molar-refractivity contribution is -0.934. The molecule has 43 heavy (non-hydrogen) atoms. The summed E-state index contributed by atoms with van der Waals surface area (Å²) >= 11 is 0. The number of allylic oxidation sites excluding steroid dienone is 2. The molecule has 0 saturated heterocycles. The molecule has 3 atom stereocenters. The van der Waals surface area contributed by atoms with Gasteiger partial charge in [0.25, 0.3) is 0 Å². The monoisotopic (exact) mass is 611 g/mol. The molecule has 0 aromatic carbocycles. The van der Waals surface area contributed by atoms with Crippen LogP contribution in [0.4, 0.5) is 0 Å². The number of unbranched alkanes of at least 4 members (excludes halogenated alkanes) is 18. The van der Waals surface area contributed by atoms with Crippen LogP contribution in [0.5, 0.6) is 0 Å². The number of carboxylic acids is 3. The SMILES string of the molecule is CCCCCCCCCCC/C=C/CCCCCCCCCCC[N+](CC(C)C(=O)O)(CC(C)C(=O)O)CC(C)C(=O)O. The fraction of sp³-hybridized carbons (Fsp3) is 0.861. The van der Waals surface area contributed by atoms with Gasteiger partial charge in [0, 0.05) is 0 Å². The third-order valence-electron chi connectivity index (χ3n) is 8.89. The molecule has 0 aromatic rings. The van der Waals surface area contributed by atoms with Gasteiger partial charge in [0.15, 0.2) is 0 Å². The molecule has 0 heterocycles. The minimum absolute atomic E-state index is 0.224. The molecular formula is C36H68NO6+. The summed E-state index contributed by atoms with van der Waals surface area (Å²) in [5.74, 6) is -4.80. The Hall–Kier alpha value is -1.89. The number of nitrogens with zero attached hydrogens (tertiary/aromatic N) is 1. The summed E-state index contributed by atoms with van der Waals surface area (Å²) in [6.07, 6.45) is 30.0. The lowest BCUT2D eigenvalue weighted by Crippen LogP contribution is -2.57. The average molecular weight is 611 g/mol. The number of rotatable bonds is 31. The highest BCUT2D eigenvalue weighted by Gasteiger charge is 2.38. The van der Waals surface area contributed by atoms with Gasteiger partial charge in [-0.1, -0.05) is 109 Å². The molecule has 0 aliphatic rings. The van der Waals surface area contributed by atoms with E-state index < -0.39 is 35.7 Å². The van der Waals surface area contributed by atoms with Crippen molar-refractivity contribution in [2.45, 2.75) is 156 Å². The fourth-order valence-electron chi connectivity index (χ4n) is 6.23. The van der Waals surface area contributed by atoms with Crippen LogP contribution in [0.25, 0.3) is 0 Å². The van der Waals surface area contributed by atoms with E-state index in [4.69, 9.17) is 0 Å². The second kappa shape index (κ2) is 26.5. The molecule has 0 radical (unpaired) electrons. The summed E-state index contributed by atoms with van der Waals surface area (Å²) < 4.78 is 0.224. The van der Waals surface area contributed by atoms with E-state index in [0.717, 1.165) is 19.3 Å². The van der Waals surface area contributed by atoms with E-state index in [0.29, 0.717) is 6.54 Å². The Balaban J connectivity index is 4.16. The first-order chi connectivity index (χ1) is 20.5. The molecule has 0 fully saturated rings. The highest BCUT2D eigenvalue weighted by atomic mass is 16.4. The van der Waals surface area contributed by atoms with Crippen LogP contribution in [0.2, 0.25) is 0 Å². The number of carbonyl (C=O) groups is 3. The van der Waals surface area contributed by atoms with Crippen molar-refractivity contribution in [3.05, 3.63) is 12.2 Å². The van der Waals surface area contributed by atoms with Crippen molar-refractivity contribution < 1.29 is 34.2 Å². The molecule has 0 rings (SSSR count). The van der Waals surface area contributed by atoms with E-state index in [2.05, 4.69) is 19.1 Å². The van der Waals surface area contributed by atoms with Crippen LogP contribution in [0.1, 0.15) is 156 Å². The van der Waals surface area contributed by atoms with Gasteiger partial charge in [0.2, 0.25) is 0 Å². The van der Waals surface area contributed by atoms with Gasteiger partial charge in [-0.2, -0.15) is 0 Å². The van der Waals surface area contributed by atoms with Crippen molar-refractivity contribution in [3.8, 4) is 0 Å². The second-order valence-electron chi connectivity index (χ2n) is 13.4. The van der Waals surface area contributed by atoms with Gasteiger partial charge in [-0.3, -0.25) is 14.4 Å². The van der Waals surface area contributed by atoms with E-state index >= 15 is 0 Å². The van der Waals surface area contributed by atoms with Crippen molar-refractivity contribution >= 4 is 17.9 Å². The summed E-state index contributed by atoms with van der Waals surface area (Å²) in [5, 5.41) is 28.6. The molecule has 0 aliphatic carbocycles. The first-order valence-corrected chi connectivity index (χ1v) is 17.7. The predicted molar refractivity (Wildman–Crippen MR) is 177 cm³/mol. The highest BCUT2D eigenvalue weighted by molar-refractivity contribution is 5.70. The summed E-state index contributed by atoms with van der Waals surface area (Å²) in [6, 6.07) is 0. The molecule has 0 amide bonds. The Morgan fingerprint density at radius 2 is 0.767 bits per heavy atom. The highest BCUT2D eigenvalue weighted by Crippen LogP contribution is 2.22. The molecule has 7 nitrogen and oxygen atoms in total. The lowest BCUT2D eigenvalue weighted by atomic mass is 10.00. The summed E-state index contributed by atoms with van der Waals surface area (Å²) in [4.78, 5) is 34.9. The van der Waals surface area contributed by atoms with Crippen molar-refractivity contribution in [2.24, 2.45) is 17.8 Å². The van der Waals surface area contributed by atoms with Crippen LogP contribution in [0.3, 0.4) is 0 Å². The fourth-order valence-corrected chi connectivity index (χ4v) is 6.23. The van der Waals surface area contributed by atoms with Gasteiger partial charge < -0.3 is 19.8 Å². The number of aliphatic carboxylic acids is 3. The lowest BCUT2D eigenvalue weighted by Gasteiger charge is -2.42. The predicted octanol–water partition coefficient (Wildman–Crippen LogP) is 9.34. The van der Waals surface area contributed by atoms with E-state index in [9.17, 15) is 29.7 Å². The quantitative estimate of drug-likeness (QED) is 0.0410. The molecule has 0 bridgehead atoms. The molecule has 7 heteroatoms. The van der Waals surface area contributed by atoms with Gasteiger partial charge in [-0.25, -0.2) is 0 Å². The summed E-state index contributed by atoms with van der Waals surface area (Å²) in [6.45, 7) is 8.51. The van der Waals surface area contributed by atoms with Crippen LogP contribution in [0.15, 0.2) is 12.2 Å². The molecule has 3 N–H and O–H groups in total. The maximum atomic E-state index is 11.6. The Morgan fingerprint density at radius 1 is 0.488 bits per heavy atom. The minimum Gasteiger partial charge on any atom is -0.481 e. The third kappa shape index (κ3) is 23.2. The zero-order valence-electron chi connectivity index (χ0n) is 28.4. The smallest absolute Gasteiger partial charge is 0.311 e. The zero-order chi connectivity index (χ0) is 32.3. The molecule has 0 saturated carbocycles. The zero-order valence-corrected chi connectivity index (χ0v) is 28.4. The number of hydrogen-bond acceptors (Lipinski definition) is 3. The van der Waals surface area contributed by atoms with Crippen molar-refractivity contribution in [1.82, 2.24) is 0 Å². The maximum Gasteiger partial charge on any atom is 0.311 e. The van der Waals surface area contributed by atoms with Gasteiger partial charge in [-0.15, -0.1) is 0 Å². The van der Waals surface area contributed by atoms with Crippen LogP contribution >= 0.6 is 0 Å². The Kier molecular flexibility index (Phi) is 25.3. The summed E-state index contributed by atoms with van der Waals surface area (Å²) in [7, 11) is 0. The van der Waals surface area contributed by atoms with E-state index in [-0.39, 0.29) is 24.1 Å². The first kappa shape index (κ1) is 41.1. The topological polar surface area (TPSA) is 112 Å². The molecular weight excluding hydrogens is 542 g/mol. The van der Waals surface area contributed by atoms with Gasteiger partial charge >= 0.3 is 17.9 Å². The van der Waals surface area contributed by atoms with Crippen LogP contribution in [0, 0.1) is 17.8 Å². The van der Waals surface area contributed by atoms with E-state index in [1.54, 1.807) is 20.8 Å². The van der Waals surface area contributed by atoms with Crippen LogP contribution < -0.4 is 0 Å². The Morgan fingerprint density at radius 3 is 1.07 bits per heavy atom. The average Bonchev–Trinajstić information content (AvgIpc) is 2.95. The van der Waals surface area contributed by atoms with Crippen LogP contribution in [-0.2, 0) is 14.4 Å². The van der Waals surface area contributed by atoms with Crippen LogP contribution in [-0.4, -0.2) is 63.9 Å².